The van der Waals surface area contributed by atoms with Gasteiger partial charge < -0.3 is 28.8 Å². The van der Waals surface area contributed by atoms with Crippen LogP contribution in [0.25, 0.3) is 0 Å². The third-order valence-electron chi connectivity index (χ3n) is 15.1. The summed E-state index contributed by atoms with van der Waals surface area (Å²) in [6, 6.07) is -0.799. The Morgan fingerprint density at radius 3 is 1.12 bits per heavy atom. The molecule has 0 saturated carbocycles. The average molecular weight is 1080 g/mol. The Morgan fingerprint density at radius 2 is 0.773 bits per heavy atom. The van der Waals surface area contributed by atoms with Crippen LogP contribution in [0.2, 0.25) is 0 Å². The van der Waals surface area contributed by atoms with Gasteiger partial charge in [-0.25, -0.2) is 0 Å². The fourth-order valence-corrected chi connectivity index (χ4v) is 10.7. The number of nitrogens with zero attached hydrogens (tertiary/aromatic N) is 1. The Hall–Kier alpha value is -1.28. The van der Waals surface area contributed by atoms with Crippen LogP contribution >= 0.6 is 7.82 Å². The zero-order valence-corrected chi connectivity index (χ0v) is 51.7. The number of nitrogens with one attached hydrogen (secondary N) is 1. The molecule has 9 heteroatoms. The highest BCUT2D eigenvalue weighted by atomic mass is 31.2. The minimum absolute atomic E-state index is 0.0142. The summed E-state index contributed by atoms with van der Waals surface area (Å²) in [7, 11) is 1.32. The predicted octanol–water partition coefficient (Wildman–Crippen LogP) is 19.9. The Balaban J connectivity index is 3.97. The molecule has 75 heavy (non-hydrogen) atoms. The van der Waals surface area contributed by atoms with E-state index in [0.717, 1.165) is 51.4 Å². The maximum absolute atomic E-state index is 13.0. The van der Waals surface area contributed by atoms with Crippen molar-refractivity contribution in [2.24, 2.45) is 0 Å². The zero-order valence-electron chi connectivity index (χ0n) is 50.8. The molecule has 8 nitrogen and oxygen atoms in total. The molecule has 0 radical (unpaired) electrons. The van der Waals surface area contributed by atoms with Crippen molar-refractivity contribution in [3.8, 4) is 0 Å². The minimum Gasteiger partial charge on any atom is -0.756 e. The topological polar surface area (TPSA) is 108 Å². The quantitative estimate of drug-likeness (QED) is 0.0272. The molecule has 3 unspecified atom stereocenters. The van der Waals surface area contributed by atoms with Gasteiger partial charge in [0.2, 0.25) is 5.91 Å². The molecule has 0 heterocycles. The van der Waals surface area contributed by atoms with Gasteiger partial charge in [0.15, 0.2) is 0 Å². The van der Waals surface area contributed by atoms with Crippen LogP contribution in [0.4, 0.5) is 0 Å². The Kier molecular flexibility index (Phi) is 56.4. The van der Waals surface area contributed by atoms with Crippen LogP contribution in [-0.2, 0) is 18.4 Å². The van der Waals surface area contributed by atoms with E-state index in [2.05, 4.69) is 55.6 Å². The van der Waals surface area contributed by atoms with Crippen LogP contribution in [0.1, 0.15) is 328 Å². The van der Waals surface area contributed by atoms with E-state index >= 15 is 0 Å². The zero-order chi connectivity index (χ0) is 54.9. The molecule has 0 spiro atoms. The summed E-state index contributed by atoms with van der Waals surface area (Å²) in [5, 5.41) is 14.1. The molecule has 2 N–H and O–H groups in total. The fourth-order valence-electron chi connectivity index (χ4n) is 9.99. The van der Waals surface area contributed by atoms with E-state index in [1.54, 1.807) is 0 Å². The summed E-state index contributed by atoms with van der Waals surface area (Å²) >= 11 is 0. The lowest BCUT2D eigenvalue weighted by Gasteiger charge is -2.30. The largest absolute Gasteiger partial charge is 0.756 e. The minimum atomic E-state index is -4.57. The number of carbonyl (C=O) groups is 1. The Labute approximate surface area is 467 Å². The highest BCUT2D eigenvalue weighted by Gasteiger charge is 2.24. The second-order valence-electron chi connectivity index (χ2n) is 23.8. The van der Waals surface area contributed by atoms with Crippen LogP contribution in [0.5, 0.6) is 0 Å². The van der Waals surface area contributed by atoms with Crippen molar-refractivity contribution in [2.75, 3.05) is 40.9 Å². The first-order valence-corrected chi connectivity index (χ1v) is 34.3. The van der Waals surface area contributed by atoms with Gasteiger partial charge in [-0.1, -0.05) is 307 Å². The molecule has 0 aromatic carbocycles. The van der Waals surface area contributed by atoms with Gasteiger partial charge in [-0.05, 0) is 51.4 Å². The van der Waals surface area contributed by atoms with E-state index in [1.807, 2.05) is 21.1 Å². The van der Waals surface area contributed by atoms with Crippen molar-refractivity contribution in [3.05, 3.63) is 36.5 Å². The van der Waals surface area contributed by atoms with E-state index in [1.165, 1.54) is 250 Å². The van der Waals surface area contributed by atoms with Gasteiger partial charge in [0.05, 0.1) is 39.9 Å². The average Bonchev–Trinajstić information content (AvgIpc) is 3.37. The summed E-state index contributed by atoms with van der Waals surface area (Å²) in [5.74, 6) is -0.159. The number of quaternary nitrogens is 1. The fraction of sp³-hybridized carbons (Fsp3) is 0.894. The molecule has 0 aliphatic carbocycles. The number of unbranched alkanes of at least 4 members (excludes halogenated alkanes) is 42. The number of amides is 1. The number of phosphoric ester groups is 1. The molecule has 0 aliphatic heterocycles. The molecule has 0 aromatic heterocycles. The van der Waals surface area contributed by atoms with Crippen molar-refractivity contribution in [1.82, 2.24) is 5.32 Å². The molecular weight excluding hydrogens is 948 g/mol. The maximum atomic E-state index is 13.0. The van der Waals surface area contributed by atoms with E-state index in [-0.39, 0.29) is 19.1 Å². The lowest BCUT2D eigenvalue weighted by Crippen LogP contribution is -2.46. The lowest BCUT2D eigenvalue weighted by atomic mass is 10.0. The smallest absolute Gasteiger partial charge is 0.268 e. The Bertz CT molecular complexity index is 1320. The van der Waals surface area contributed by atoms with Crippen molar-refractivity contribution >= 4 is 13.7 Å². The molecule has 0 fully saturated rings. The van der Waals surface area contributed by atoms with Gasteiger partial charge in [0.1, 0.15) is 13.2 Å². The number of phosphoric acid groups is 1. The van der Waals surface area contributed by atoms with Gasteiger partial charge in [0, 0.05) is 6.42 Å². The molecule has 444 valence electrons. The van der Waals surface area contributed by atoms with E-state index in [0.29, 0.717) is 23.9 Å². The number of allylic oxidation sites excluding steroid dienone is 6. The van der Waals surface area contributed by atoms with Crippen molar-refractivity contribution in [1.29, 1.82) is 0 Å². The summed E-state index contributed by atoms with van der Waals surface area (Å²) in [6.45, 7) is 4.75. The number of aliphatic hydroxyl groups excluding tert-OH is 1. The van der Waals surface area contributed by atoms with Crippen molar-refractivity contribution in [2.45, 2.75) is 341 Å². The summed E-state index contributed by atoms with van der Waals surface area (Å²) in [5.41, 5.74) is 0. The molecule has 0 saturated heterocycles. The van der Waals surface area contributed by atoms with Crippen LogP contribution < -0.4 is 10.2 Å². The standard InChI is InChI=1S/C66H129N2O6P/c1-6-8-10-12-14-16-18-20-22-24-26-27-28-29-30-31-32-33-34-35-36-37-38-39-40-41-42-44-46-48-50-52-54-56-58-60-66(70)67-64(63-74-75(71,72)73-62-61-68(3,4)5)65(69)59-57-55-53-51-49-47-45-43-25-23-21-19-17-15-13-11-9-7-2/h18,20,24,26,28-29,64-65,69H,6-17,19,21-23,25,27,30-63H2,1-5H3,(H-,67,70,71,72)/b20-18-,26-24-,29-28-. The number of likely N-dealkylation sites (N-methyl/N-ethyl adjacent to an activating group) is 1. The first-order valence-electron chi connectivity index (χ1n) is 32.8. The Morgan fingerprint density at radius 1 is 0.467 bits per heavy atom. The van der Waals surface area contributed by atoms with Crippen LogP contribution in [0.3, 0.4) is 0 Å². The monoisotopic (exact) mass is 1080 g/mol. The van der Waals surface area contributed by atoms with Crippen molar-refractivity contribution < 1.29 is 32.9 Å². The second kappa shape index (κ2) is 57.4. The van der Waals surface area contributed by atoms with E-state index in [4.69, 9.17) is 9.05 Å². The predicted molar refractivity (Wildman–Crippen MR) is 325 cm³/mol. The highest BCUT2D eigenvalue weighted by molar-refractivity contribution is 7.45. The molecule has 0 aromatic rings. The molecular formula is C66H129N2O6P. The summed E-state index contributed by atoms with van der Waals surface area (Å²) < 4.78 is 23.5. The van der Waals surface area contributed by atoms with Crippen molar-refractivity contribution in [3.63, 3.8) is 0 Å². The van der Waals surface area contributed by atoms with Crippen LogP contribution in [0, 0.1) is 0 Å². The lowest BCUT2D eigenvalue weighted by molar-refractivity contribution is -0.870. The van der Waals surface area contributed by atoms with E-state index in [9.17, 15) is 19.4 Å². The molecule has 0 rings (SSSR count). The maximum Gasteiger partial charge on any atom is 0.268 e. The number of hydrogen-bond acceptors (Lipinski definition) is 6. The molecule has 0 aliphatic rings. The normalized spacial score (nSPS) is 14.0. The highest BCUT2D eigenvalue weighted by Crippen LogP contribution is 2.38. The first-order chi connectivity index (χ1) is 36.5. The third-order valence-corrected chi connectivity index (χ3v) is 16.1. The number of aliphatic hydroxyl groups is 1. The van der Waals surface area contributed by atoms with Gasteiger partial charge >= 0.3 is 0 Å². The summed E-state index contributed by atoms with van der Waals surface area (Å²) in [6.07, 6.45) is 74.9. The molecule has 0 bridgehead atoms. The van der Waals surface area contributed by atoms with Crippen LogP contribution in [-0.4, -0.2) is 68.5 Å². The van der Waals surface area contributed by atoms with Gasteiger partial charge in [-0.2, -0.15) is 0 Å². The van der Waals surface area contributed by atoms with Gasteiger partial charge in [0.25, 0.3) is 7.82 Å². The number of hydrogen-bond donors (Lipinski definition) is 2. The number of rotatable bonds is 61. The molecule has 3 atom stereocenters. The number of carbonyl (C=O) groups excluding carboxylic acids is 1. The second-order valence-corrected chi connectivity index (χ2v) is 25.2. The summed E-state index contributed by atoms with van der Waals surface area (Å²) in [4.78, 5) is 25.6. The third kappa shape index (κ3) is 60.2. The first kappa shape index (κ1) is 73.7. The van der Waals surface area contributed by atoms with E-state index < -0.39 is 20.0 Å². The SMILES string of the molecule is CCCCCCC/C=C\C/C=C\C/C=C\CCCCCCCCCCCCCCCCCCCCCCC(=O)NC(COP(=O)([O-])OCC[N+](C)(C)C)C(O)CCCCCCCCCCCCCCCCCCCC. The van der Waals surface area contributed by atoms with Crippen LogP contribution in [0.15, 0.2) is 36.5 Å². The van der Waals surface area contributed by atoms with Gasteiger partial charge in [-0.3, -0.25) is 9.36 Å². The van der Waals surface area contributed by atoms with Gasteiger partial charge in [-0.15, -0.1) is 0 Å². The molecule has 1 amide bonds.